The minimum atomic E-state index is -4.44. The van der Waals surface area contributed by atoms with Gasteiger partial charge in [-0.1, -0.05) is 0 Å². The van der Waals surface area contributed by atoms with Crippen LogP contribution in [0.5, 0.6) is 0 Å². The van der Waals surface area contributed by atoms with Crippen LogP contribution < -0.4 is 0 Å². The Hall–Kier alpha value is -1.27. The fourth-order valence-corrected chi connectivity index (χ4v) is 2.21. The Kier molecular flexibility index (Phi) is 4.71. The van der Waals surface area contributed by atoms with Gasteiger partial charge in [-0.2, -0.15) is 13.2 Å². The molecule has 1 heterocycles. The zero-order valence-electron chi connectivity index (χ0n) is 11.9. The summed E-state index contributed by atoms with van der Waals surface area (Å²) >= 11 is 0. The van der Waals surface area contributed by atoms with Crippen molar-refractivity contribution in [3.05, 3.63) is 0 Å². The Morgan fingerprint density at radius 2 is 1.75 bits per heavy atom. The third-order valence-electron chi connectivity index (χ3n) is 3.45. The van der Waals surface area contributed by atoms with Gasteiger partial charge in [0.1, 0.15) is 11.9 Å². The maximum absolute atomic E-state index is 13.1. The molecule has 1 rings (SSSR count). The number of halogens is 3. The minimum Gasteiger partial charge on any atom is -0.444 e. The van der Waals surface area contributed by atoms with Gasteiger partial charge in [-0.3, -0.25) is 0 Å². The molecule has 0 aromatic carbocycles. The van der Waals surface area contributed by atoms with E-state index < -0.39 is 29.7 Å². The van der Waals surface area contributed by atoms with Crippen molar-refractivity contribution in [3.63, 3.8) is 0 Å². The van der Waals surface area contributed by atoms with Gasteiger partial charge in [-0.05, 0) is 33.6 Å². The fraction of sp³-hybridized carbons (Fsp3) is 0.846. The molecule has 1 amide bonds. The molecule has 4 nitrogen and oxygen atoms in total. The summed E-state index contributed by atoms with van der Waals surface area (Å²) < 4.78 is 44.4. The molecule has 0 N–H and O–H groups in total. The average molecular weight is 295 g/mol. The van der Waals surface area contributed by atoms with Crippen molar-refractivity contribution in [2.24, 2.45) is 5.41 Å². The molecule has 0 aromatic rings. The van der Waals surface area contributed by atoms with E-state index >= 15 is 0 Å². The first-order valence-corrected chi connectivity index (χ1v) is 6.49. The van der Waals surface area contributed by atoms with Gasteiger partial charge >= 0.3 is 12.3 Å². The van der Waals surface area contributed by atoms with Gasteiger partial charge in [0.25, 0.3) is 0 Å². The molecular formula is C13H20F3NO3. The number of aldehydes is 1. The smallest absolute Gasteiger partial charge is 0.410 e. The first-order chi connectivity index (χ1) is 9.01. The maximum atomic E-state index is 13.1. The molecule has 7 heteroatoms. The van der Waals surface area contributed by atoms with Crippen LogP contribution in [0.1, 0.15) is 40.0 Å². The molecule has 0 atom stereocenters. The second kappa shape index (κ2) is 5.61. The van der Waals surface area contributed by atoms with E-state index in [-0.39, 0.29) is 25.9 Å². The Balaban J connectivity index is 2.70. The number of alkyl halides is 3. The average Bonchev–Trinajstić information content (AvgIpc) is 2.26. The van der Waals surface area contributed by atoms with Crippen molar-refractivity contribution in [1.29, 1.82) is 0 Å². The molecule has 0 unspecified atom stereocenters. The van der Waals surface area contributed by atoms with Gasteiger partial charge in [0.05, 0.1) is 5.41 Å². The molecule has 0 aliphatic carbocycles. The highest BCUT2D eigenvalue weighted by atomic mass is 19.4. The molecule has 0 bridgehead atoms. The zero-order valence-corrected chi connectivity index (χ0v) is 11.9. The largest absolute Gasteiger partial charge is 0.444 e. The van der Waals surface area contributed by atoms with Crippen molar-refractivity contribution in [2.45, 2.75) is 51.8 Å². The van der Waals surface area contributed by atoms with Crippen molar-refractivity contribution < 1.29 is 27.5 Å². The van der Waals surface area contributed by atoms with Gasteiger partial charge in [0, 0.05) is 19.5 Å². The summed E-state index contributed by atoms with van der Waals surface area (Å²) in [7, 11) is 0. The molecule has 0 saturated carbocycles. The number of amides is 1. The van der Waals surface area contributed by atoms with Gasteiger partial charge in [-0.15, -0.1) is 0 Å². The summed E-state index contributed by atoms with van der Waals surface area (Å²) in [5.41, 5.74) is -2.69. The van der Waals surface area contributed by atoms with E-state index in [0.717, 1.165) is 0 Å². The van der Waals surface area contributed by atoms with Crippen LogP contribution in [0.15, 0.2) is 0 Å². The fourth-order valence-electron chi connectivity index (χ4n) is 2.21. The molecule has 1 aliphatic heterocycles. The molecule has 0 spiro atoms. The predicted octanol–water partition coefficient (Wildman–Crippen LogP) is 3.16. The van der Waals surface area contributed by atoms with E-state index in [9.17, 15) is 22.8 Å². The summed E-state index contributed by atoms with van der Waals surface area (Å²) in [6.07, 6.45) is -5.84. The quantitative estimate of drug-likeness (QED) is 0.735. The van der Waals surface area contributed by atoms with E-state index in [2.05, 4.69) is 0 Å². The molecule has 116 valence electrons. The van der Waals surface area contributed by atoms with E-state index in [4.69, 9.17) is 4.74 Å². The van der Waals surface area contributed by atoms with Gasteiger partial charge < -0.3 is 14.4 Å². The van der Waals surface area contributed by atoms with Crippen molar-refractivity contribution in [2.75, 3.05) is 13.1 Å². The Bertz CT molecular complexity index is 366. The normalized spacial score (nSPS) is 19.6. The van der Waals surface area contributed by atoms with E-state index in [1.165, 1.54) is 4.90 Å². The summed E-state index contributed by atoms with van der Waals surface area (Å²) in [5, 5.41) is 0. The molecule has 1 aliphatic rings. The molecule has 1 fully saturated rings. The second-order valence-electron chi connectivity index (χ2n) is 6.12. The highest BCUT2D eigenvalue weighted by Gasteiger charge is 2.55. The highest BCUT2D eigenvalue weighted by Crippen LogP contribution is 2.48. The standard InChI is InChI=1S/C13H20F3NO3/c1-11(2,3)20-10(19)17-7-4-12(5-8-17,6-9-18)13(14,15)16/h9H,4-8H2,1-3H3. The lowest BCUT2D eigenvalue weighted by Gasteiger charge is -2.42. The number of carbonyl (C=O) groups is 2. The van der Waals surface area contributed by atoms with E-state index in [1.807, 2.05) is 0 Å². The SMILES string of the molecule is CC(C)(C)OC(=O)N1CCC(CC=O)(C(F)(F)F)CC1. The van der Waals surface area contributed by atoms with Gasteiger partial charge in [0.15, 0.2) is 0 Å². The van der Waals surface area contributed by atoms with Gasteiger partial charge in [0.2, 0.25) is 0 Å². The number of piperidine rings is 1. The van der Waals surface area contributed by atoms with Crippen molar-refractivity contribution >= 4 is 12.4 Å². The van der Waals surface area contributed by atoms with Crippen LogP contribution in [0.25, 0.3) is 0 Å². The molecule has 20 heavy (non-hydrogen) atoms. The van der Waals surface area contributed by atoms with Crippen LogP contribution in [0.2, 0.25) is 0 Å². The number of likely N-dealkylation sites (tertiary alicyclic amines) is 1. The predicted molar refractivity (Wildman–Crippen MR) is 66.2 cm³/mol. The molecule has 1 saturated heterocycles. The van der Waals surface area contributed by atoms with Crippen LogP contribution in [-0.4, -0.2) is 42.1 Å². The lowest BCUT2D eigenvalue weighted by atomic mass is 9.75. The molecule has 0 radical (unpaired) electrons. The topological polar surface area (TPSA) is 46.6 Å². The van der Waals surface area contributed by atoms with E-state index in [0.29, 0.717) is 6.29 Å². The molecular weight excluding hydrogens is 275 g/mol. The lowest BCUT2D eigenvalue weighted by molar-refractivity contribution is -0.237. The van der Waals surface area contributed by atoms with Crippen LogP contribution >= 0.6 is 0 Å². The van der Waals surface area contributed by atoms with Crippen molar-refractivity contribution in [3.8, 4) is 0 Å². The minimum absolute atomic E-state index is 0.0533. The summed E-state index contributed by atoms with van der Waals surface area (Å²) in [6, 6.07) is 0. The zero-order chi connectivity index (χ0) is 15.6. The van der Waals surface area contributed by atoms with E-state index in [1.54, 1.807) is 20.8 Å². The monoisotopic (exact) mass is 295 g/mol. The third-order valence-corrected chi connectivity index (χ3v) is 3.45. The Labute approximate surface area is 116 Å². The lowest BCUT2D eigenvalue weighted by Crippen LogP contribution is -2.50. The van der Waals surface area contributed by atoms with Crippen LogP contribution in [-0.2, 0) is 9.53 Å². The summed E-state index contributed by atoms with van der Waals surface area (Å²) in [6.45, 7) is 4.98. The first kappa shape index (κ1) is 16.8. The number of hydrogen-bond acceptors (Lipinski definition) is 3. The highest BCUT2D eigenvalue weighted by molar-refractivity contribution is 5.68. The van der Waals surface area contributed by atoms with Crippen LogP contribution in [0.3, 0.4) is 0 Å². The van der Waals surface area contributed by atoms with Crippen LogP contribution in [0, 0.1) is 5.41 Å². The number of rotatable bonds is 2. The van der Waals surface area contributed by atoms with Gasteiger partial charge in [-0.25, -0.2) is 4.79 Å². The van der Waals surface area contributed by atoms with Crippen LogP contribution in [0.4, 0.5) is 18.0 Å². The first-order valence-electron chi connectivity index (χ1n) is 6.49. The number of nitrogens with zero attached hydrogens (tertiary/aromatic N) is 1. The number of ether oxygens (including phenoxy) is 1. The van der Waals surface area contributed by atoms with Crippen molar-refractivity contribution in [1.82, 2.24) is 4.90 Å². The number of hydrogen-bond donors (Lipinski definition) is 0. The summed E-state index contributed by atoms with van der Waals surface area (Å²) in [5.74, 6) is 0. The molecule has 0 aromatic heterocycles. The summed E-state index contributed by atoms with van der Waals surface area (Å²) in [4.78, 5) is 23.6. The maximum Gasteiger partial charge on any atom is 0.410 e. The third kappa shape index (κ3) is 3.86. The second-order valence-corrected chi connectivity index (χ2v) is 6.12. The Morgan fingerprint density at radius 3 is 2.10 bits per heavy atom. The number of carbonyl (C=O) groups excluding carboxylic acids is 2. The Morgan fingerprint density at radius 1 is 1.25 bits per heavy atom.